The van der Waals surface area contributed by atoms with E-state index in [9.17, 15) is 18.8 Å². The van der Waals surface area contributed by atoms with Gasteiger partial charge in [0, 0.05) is 75.7 Å². The van der Waals surface area contributed by atoms with E-state index in [1.54, 1.807) is 6.92 Å². The molecule has 228 valence electrons. The molecule has 2 aromatic rings. The first-order chi connectivity index (χ1) is 20.1. The Balaban J connectivity index is 1.82. The van der Waals surface area contributed by atoms with Crippen molar-refractivity contribution < 1.29 is 23.5 Å². The SMILES string of the molecule is COCCC(C(=O)NN1CCNC(C)C1C)N(C(=O)/C=C\C(=O)Nc1cc(C)c(F)cn1)C(C)CNc1ccccc1. The molecule has 3 rings (SSSR count). The maximum atomic E-state index is 13.7. The minimum atomic E-state index is -0.878. The molecule has 1 aliphatic heterocycles. The van der Waals surface area contributed by atoms with E-state index in [2.05, 4.69) is 33.3 Å². The van der Waals surface area contributed by atoms with Crippen molar-refractivity contribution in [2.24, 2.45) is 0 Å². The van der Waals surface area contributed by atoms with Crippen molar-refractivity contribution in [1.29, 1.82) is 0 Å². The van der Waals surface area contributed by atoms with Gasteiger partial charge in [-0.25, -0.2) is 14.4 Å². The Morgan fingerprint density at radius 1 is 1.24 bits per heavy atom. The number of aromatic nitrogens is 1. The maximum Gasteiger partial charge on any atom is 0.257 e. The van der Waals surface area contributed by atoms with Crippen LogP contribution in [0, 0.1) is 12.7 Å². The standard InChI is InChI=1S/C30H42FN7O4/c1-20-17-27(34-19-25(20)31)35-28(39)11-12-29(40)38(21(2)18-33-24-9-7-6-8-10-24)26(13-16-42-5)30(41)36-37-15-14-32-22(3)23(37)4/h6-12,17,19,21-23,26,32-33H,13-16,18H2,1-5H3,(H,36,41)(H,34,35,39)/b12-11-. The van der Waals surface area contributed by atoms with Crippen molar-refractivity contribution in [3.8, 4) is 0 Å². The number of rotatable bonds is 13. The van der Waals surface area contributed by atoms with Crippen LogP contribution in [0.2, 0.25) is 0 Å². The summed E-state index contributed by atoms with van der Waals surface area (Å²) in [4.78, 5) is 45.4. The number of carbonyl (C=O) groups excluding carboxylic acids is 3. The Kier molecular flexibility index (Phi) is 12.4. The Morgan fingerprint density at radius 3 is 2.67 bits per heavy atom. The molecule has 1 aromatic heterocycles. The molecule has 0 radical (unpaired) electrons. The summed E-state index contributed by atoms with van der Waals surface area (Å²) in [6.45, 7) is 9.41. The van der Waals surface area contributed by atoms with Crippen molar-refractivity contribution in [3.63, 3.8) is 0 Å². The van der Waals surface area contributed by atoms with Crippen LogP contribution in [0.15, 0.2) is 54.7 Å². The summed E-state index contributed by atoms with van der Waals surface area (Å²) in [5, 5.41) is 11.1. The van der Waals surface area contributed by atoms with E-state index in [1.165, 1.54) is 18.1 Å². The van der Waals surface area contributed by atoms with Crippen LogP contribution in [0.3, 0.4) is 0 Å². The highest BCUT2D eigenvalue weighted by Crippen LogP contribution is 2.16. The number of para-hydroxylation sites is 1. The molecule has 4 unspecified atom stereocenters. The van der Waals surface area contributed by atoms with Crippen molar-refractivity contribution in [2.75, 3.05) is 44.0 Å². The summed E-state index contributed by atoms with van der Waals surface area (Å²) >= 11 is 0. The first-order valence-corrected chi connectivity index (χ1v) is 14.1. The van der Waals surface area contributed by atoms with Crippen LogP contribution >= 0.6 is 0 Å². The van der Waals surface area contributed by atoms with Crippen LogP contribution in [0.25, 0.3) is 0 Å². The molecule has 0 aliphatic carbocycles. The fourth-order valence-corrected chi connectivity index (χ4v) is 4.66. The van der Waals surface area contributed by atoms with Gasteiger partial charge in [0.15, 0.2) is 0 Å². The number of ether oxygens (including phenoxy) is 1. The number of pyridine rings is 1. The zero-order valence-corrected chi connectivity index (χ0v) is 24.9. The molecular weight excluding hydrogens is 541 g/mol. The van der Waals surface area contributed by atoms with Crippen LogP contribution in [0.5, 0.6) is 0 Å². The van der Waals surface area contributed by atoms with Crippen molar-refractivity contribution in [1.82, 2.24) is 25.6 Å². The highest BCUT2D eigenvalue weighted by molar-refractivity contribution is 6.03. The zero-order valence-electron chi connectivity index (χ0n) is 24.9. The number of nitrogens with one attached hydrogen (secondary N) is 4. The minimum Gasteiger partial charge on any atom is -0.385 e. The second-order valence-corrected chi connectivity index (χ2v) is 10.4. The van der Waals surface area contributed by atoms with E-state index < -0.39 is 29.7 Å². The molecule has 4 N–H and O–H groups in total. The van der Waals surface area contributed by atoms with E-state index in [-0.39, 0.29) is 36.8 Å². The smallest absolute Gasteiger partial charge is 0.257 e. The topological polar surface area (TPSA) is 128 Å². The molecule has 0 saturated carbocycles. The van der Waals surface area contributed by atoms with Crippen LogP contribution in [0.1, 0.15) is 32.8 Å². The Morgan fingerprint density at radius 2 is 1.98 bits per heavy atom. The highest BCUT2D eigenvalue weighted by atomic mass is 19.1. The fourth-order valence-electron chi connectivity index (χ4n) is 4.66. The molecule has 1 saturated heterocycles. The Hall–Kier alpha value is -3.87. The normalized spacial score (nSPS) is 18.7. The van der Waals surface area contributed by atoms with Crippen LogP contribution in [0.4, 0.5) is 15.9 Å². The van der Waals surface area contributed by atoms with E-state index in [0.29, 0.717) is 18.7 Å². The lowest BCUT2D eigenvalue weighted by Crippen LogP contribution is -2.64. The number of carbonyl (C=O) groups is 3. The fraction of sp³-hybridized carbons (Fsp3) is 0.467. The molecule has 11 nitrogen and oxygen atoms in total. The van der Waals surface area contributed by atoms with E-state index >= 15 is 0 Å². The third kappa shape index (κ3) is 9.33. The molecule has 42 heavy (non-hydrogen) atoms. The molecule has 12 heteroatoms. The van der Waals surface area contributed by atoms with Crippen LogP contribution in [-0.4, -0.2) is 90.1 Å². The quantitative estimate of drug-likeness (QED) is 0.265. The third-order valence-corrected chi connectivity index (χ3v) is 7.30. The van der Waals surface area contributed by atoms with Gasteiger partial charge in [-0.05, 0) is 51.5 Å². The van der Waals surface area contributed by atoms with Gasteiger partial charge in [-0.1, -0.05) is 18.2 Å². The second kappa shape index (κ2) is 15.9. The van der Waals surface area contributed by atoms with Crippen LogP contribution in [-0.2, 0) is 19.1 Å². The summed E-state index contributed by atoms with van der Waals surface area (Å²) in [6.07, 6.45) is 3.48. The predicted molar refractivity (Wildman–Crippen MR) is 160 cm³/mol. The number of anilines is 2. The average molecular weight is 584 g/mol. The minimum absolute atomic E-state index is 0.0411. The van der Waals surface area contributed by atoms with Gasteiger partial charge < -0.3 is 25.6 Å². The van der Waals surface area contributed by atoms with E-state index in [1.807, 2.05) is 49.2 Å². The lowest BCUT2D eigenvalue weighted by molar-refractivity contribution is -0.143. The first kappa shape index (κ1) is 32.6. The van der Waals surface area contributed by atoms with Crippen molar-refractivity contribution >= 4 is 29.2 Å². The summed E-state index contributed by atoms with van der Waals surface area (Å²) in [5.41, 5.74) is 4.22. The molecule has 0 spiro atoms. The molecule has 4 atom stereocenters. The second-order valence-electron chi connectivity index (χ2n) is 10.4. The number of hydrazine groups is 1. The molecule has 3 amide bonds. The number of piperazine rings is 1. The van der Waals surface area contributed by atoms with Crippen LogP contribution < -0.4 is 21.4 Å². The first-order valence-electron chi connectivity index (χ1n) is 14.1. The average Bonchev–Trinajstić information content (AvgIpc) is 2.97. The van der Waals surface area contributed by atoms with E-state index in [4.69, 9.17) is 4.74 Å². The largest absolute Gasteiger partial charge is 0.385 e. The number of hydrogen-bond acceptors (Lipinski definition) is 8. The van der Waals surface area contributed by atoms with Gasteiger partial charge in [-0.3, -0.25) is 19.8 Å². The van der Waals surface area contributed by atoms with Gasteiger partial charge >= 0.3 is 0 Å². The van der Waals surface area contributed by atoms with Gasteiger partial charge in [0.25, 0.3) is 5.91 Å². The molecule has 1 aliphatic rings. The number of nitrogens with zero attached hydrogens (tertiary/aromatic N) is 3. The highest BCUT2D eigenvalue weighted by Gasteiger charge is 2.35. The predicted octanol–water partition coefficient (Wildman–Crippen LogP) is 2.47. The summed E-state index contributed by atoms with van der Waals surface area (Å²) in [5.74, 6) is -1.80. The summed E-state index contributed by atoms with van der Waals surface area (Å²) in [6, 6.07) is 9.83. The Bertz CT molecular complexity index is 1230. The maximum absolute atomic E-state index is 13.7. The number of benzene rings is 1. The Labute approximate surface area is 246 Å². The number of amides is 3. The van der Waals surface area contributed by atoms with Crippen molar-refractivity contribution in [3.05, 3.63) is 66.1 Å². The van der Waals surface area contributed by atoms with E-state index in [0.717, 1.165) is 30.6 Å². The van der Waals surface area contributed by atoms with Gasteiger partial charge in [-0.15, -0.1) is 0 Å². The molecule has 1 aromatic carbocycles. The number of aryl methyl sites for hydroxylation is 1. The summed E-state index contributed by atoms with van der Waals surface area (Å²) < 4.78 is 18.9. The van der Waals surface area contributed by atoms with Gasteiger partial charge in [0.05, 0.1) is 6.20 Å². The zero-order chi connectivity index (χ0) is 30.6. The van der Waals surface area contributed by atoms with Gasteiger partial charge in [0.2, 0.25) is 11.8 Å². The molecule has 2 heterocycles. The third-order valence-electron chi connectivity index (χ3n) is 7.30. The van der Waals surface area contributed by atoms with Gasteiger partial charge in [-0.2, -0.15) is 0 Å². The monoisotopic (exact) mass is 583 g/mol. The van der Waals surface area contributed by atoms with Crippen molar-refractivity contribution in [2.45, 2.75) is 58.3 Å². The number of hydrogen-bond donors (Lipinski definition) is 4. The number of halogens is 1. The lowest BCUT2D eigenvalue weighted by Gasteiger charge is -2.41. The molecule has 1 fully saturated rings. The number of methoxy groups -OCH3 is 1. The molecule has 0 bridgehead atoms. The van der Waals surface area contributed by atoms with Gasteiger partial charge in [0.1, 0.15) is 17.7 Å². The lowest BCUT2D eigenvalue weighted by atomic mass is 10.1. The molecular formula is C30H42FN7O4. The summed E-state index contributed by atoms with van der Waals surface area (Å²) in [7, 11) is 1.54.